The second-order valence-corrected chi connectivity index (χ2v) is 2.31. The fourth-order valence-electron chi connectivity index (χ4n) is 1.07. The quantitative estimate of drug-likeness (QED) is 0.496. The zero-order chi connectivity index (χ0) is 6.53. The normalized spacial score (nSPS) is 23.7. The Morgan fingerprint density at radius 2 is 2.22 bits per heavy atom. The Morgan fingerprint density at radius 1 is 1.33 bits per heavy atom. The van der Waals surface area contributed by atoms with Crippen LogP contribution in [0.15, 0.2) is 0 Å². The number of nitrogens with zero attached hydrogens (tertiary/aromatic N) is 1. The van der Waals surface area contributed by atoms with Crippen LogP contribution in [0.25, 0.3) is 0 Å². The number of hydrogen-bond donors (Lipinski definition) is 2. The molecule has 1 rings (SSSR count). The van der Waals surface area contributed by atoms with E-state index < -0.39 is 0 Å². The molecule has 0 spiro atoms. The first-order chi connectivity index (χ1) is 4.43. The van der Waals surface area contributed by atoms with Crippen LogP contribution in [-0.4, -0.2) is 38.2 Å². The molecule has 1 fully saturated rings. The number of rotatable bonds is 1. The molecule has 0 aromatic carbocycles. The minimum Gasteiger partial charge on any atom is -0.315 e. The molecule has 1 saturated heterocycles. The molecule has 0 unspecified atom stereocenters. The average Bonchev–Trinajstić information content (AvgIpc) is 2.13. The van der Waals surface area contributed by atoms with E-state index in [4.69, 9.17) is 0 Å². The summed E-state index contributed by atoms with van der Waals surface area (Å²) in [5.74, 6) is 0. The molecule has 3 heteroatoms. The Labute approximate surface area is 56.4 Å². The van der Waals surface area contributed by atoms with Gasteiger partial charge in [0.05, 0.1) is 0 Å². The lowest BCUT2D eigenvalue weighted by Crippen LogP contribution is -2.37. The van der Waals surface area contributed by atoms with Crippen LogP contribution >= 0.6 is 0 Å². The fraction of sp³-hybridized carbons (Fsp3) is 1.00. The lowest BCUT2D eigenvalue weighted by Gasteiger charge is -2.16. The van der Waals surface area contributed by atoms with Crippen molar-refractivity contribution in [2.24, 2.45) is 0 Å². The molecule has 0 amide bonds. The maximum atomic E-state index is 3.33. The third-order valence-corrected chi connectivity index (χ3v) is 1.66. The highest BCUT2D eigenvalue weighted by Crippen LogP contribution is 1.88. The SMILES string of the molecule is CNN1CCCNCC1. The van der Waals surface area contributed by atoms with Crippen LogP contribution in [0.4, 0.5) is 0 Å². The van der Waals surface area contributed by atoms with Gasteiger partial charge in [0.15, 0.2) is 0 Å². The molecular formula is C6H15N3. The summed E-state index contributed by atoms with van der Waals surface area (Å²) < 4.78 is 0. The first kappa shape index (κ1) is 6.99. The lowest BCUT2D eigenvalue weighted by molar-refractivity contribution is 0.223. The summed E-state index contributed by atoms with van der Waals surface area (Å²) in [5.41, 5.74) is 3.14. The molecule has 3 nitrogen and oxygen atoms in total. The van der Waals surface area contributed by atoms with Crippen LogP contribution in [0.1, 0.15) is 6.42 Å². The highest BCUT2D eigenvalue weighted by Gasteiger charge is 2.03. The Morgan fingerprint density at radius 3 is 3.00 bits per heavy atom. The molecule has 0 aromatic heterocycles. The van der Waals surface area contributed by atoms with Gasteiger partial charge in [-0.3, -0.25) is 5.43 Å². The fourth-order valence-corrected chi connectivity index (χ4v) is 1.07. The Bertz CT molecular complexity index is 66.7. The number of hydrogen-bond acceptors (Lipinski definition) is 3. The largest absolute Gasteiger partial charge is 0.315 e. The monoisotopic (exact) mass is 129 g/mol. The summed E-state index contributed by atoms with van der Waals surface area (Å²) in [6.45, 7) is 4.57. The molecule has 1 aliphatic heterocycles. The maximum absolute atomic E-state index is 3.33. The van der Waals surface area contributed by atoms with Gasteiger partial charge in [-0.05, 0) is 20.0 Å². The van der Waals surface area contributed by atoms with Gasteiger partial charge in [0.2, 0.25) is 0 Å². The summed E-state index contributed by atoms with van der Waals surface area (Å²) in [7, 11) is 1.98. The summed E-state index contributed by atoms with van der Waals surface area (Å²) >= 11 is 0. The molecule has 0 saturated carbocycles. The van der Waals surface area contributed by atoms with Crippen molar-refractivity contribution in [2.45, 2.75) is 6.42 Å². The van der Waals surface area contributed by atoms with Gasteiger partial charge in [-0.1, -0.05) is 0 Å². The van der Waals surface area contributed by atoms with E-state index in [0.29, 0.717) is 0 Å². The van der Waals surface area contributed by atoms with Crippen LogP contribution in [0.5, 0.6) is 0 Å². The molecule has 9 heavy (non-hydrogen) atoms. The first-order valence-electron chi connectivity index (χ1n) is 3.56. The van der Waals surface area contributed by atoms with Crippen LogP contribution in [-0.2, 0) is 0 Å². The summed E-state index contributed by atoms with van der Waals surface area (Å²) in [4.78, 5) is 0. The molecule has 54 valence electrons. The van der Waals surface area contributed by atoms with E-state index in [-0.39, 0.29) is 0 Å². The average molecular weight is 129 g/mol. The molecule has 0 bridgehead atoms. The van der Waals surface area contributed by atoms with Crippen molar-refractivity contribution in [3.05, 3.63) is 0 Å². The topological polar surface area (TPSA) is 27.3 Å². The zero-order valence-electron chi connectivity index (χ0n) is 5.98. The van der Waals surface area contributed by atoms with E-state index in [1.54, 1.807) is 0 Å². The van der Waals surface area contributed by atoms with Crippen molar-refractivity contribution in [2.75, 3.05) is 33.2 Å². The van der Waals surface area contributed by atoms with Crippen molar-refractivity contribution in [3.8, 4) is 0 Å². The minimum atomic E-state index is 1.11. The van der Waals surface area contributed by atoms with Gasteiger partial charge in [0, 0.05) is 19.6 Å². The molecule has 1 heterocycles. The highest BCUT2D eigenvalue weighted by molar-refractivity contribution is 4.60. The van der Waals surface area contributed by atoms with E-state index >= 15 is 0 Å². The van der Waals surface area contributed by atoms with Crippen molar-refractivity contribution >= 4 is 0 Å². The minimum absolute atomic E-state index is 1.11. The lowest BCUT2D eigenvalue weighted by atomic mass is 10.4. The third kappa shape index (κ3) is 2.30. The first-order valence-corrected chi connectivity index (χ1v) is 3.56. The van der Waals surface area contributed by atoms with Crippen molar-refractivity contribution in [3.63, 3.8) is 0 Å². The summed E-state index contributed by atoms with van der Waals surface area (Å²) in [5, 5.41) is 5.57. The van der Waals surface area contributed by atoms with Gasteiger partial charge in [0.1, 0.15) is 0 Å². The Balaban J connectivity index is 2.18. The molecular weight excluding hydrogens is 114 g/mol. The molecule has 0 radical (unpaired) electrons. The van der Waals surface area contributed by atoms with Crippen LogP contribution in [0, 0.1) is 0 Å². The number of hydrazine groups is 1. The van der Waals surface area contributed by atoms with E-state index in [0.717, 1.165) is 19.6 Å². The molecule has 0 aliphatic carbocycles. The van der Waals surface area contributed by atoms with Crippen molar-refractivity contribution in [1.82, 2.24) is 15.8 Å². The second kappa shape index (κ2) is 3.82. The molecule has 2 N–H and O–H groups in total. The van der Waals surface area contributed by atoms with Gasteiger partial charge >= 0.3 is 0 Å². The van der Waals surface area contributed by atoms with Gasteiger partial charge < -0.3 is 5.32 Å². The van der Waals surface area contributed by atoms with Gasteiger partial charge in [-0.25, -0.2) is 5.01 Å². The predicted molar refractivity (Wildman–Crippen MR) is 38.1 cm³/mol. The zero-order valence-corrected chi connectivity index (χ0v) is 5.98. The molecule has 0 atom stereocenters. The van der Waals surface area contributed by atoms with E-state index in [2.05, 4.69) is 15.8 Å². The van der Waals surface area contributed by atoms with E-state index in [9.17, 15) is 0 Å². The van der Waals surface area contributed by atoms with Gasteiger partial charge in [0.25, 0.3) is 0 Å². The highest BCUT2D eigenvalue weighted by atomic mass is 15.5. The Hall–Kier alpha value is -0.120. The second-order valence-electron chi connectivity index (χ2n) is 2.31. The standard InChI is InChI=1S/C6H15N3/c1-7-9-5-2-3-8-4-6-9/h7-8H,2-6H2,1H3. The predicted octanol–water partition coefficient (Wildman–Crippen LogP) is -0.584. The molecule has 0 aromatic rings. The van der Waals surface area contributed by atoms with Crippen molar-refractivity contribution in [1.29, 1.82) is 0 Å². The third-order valence-electron chi connectivity index (χ3n) is 1.66. The van der Waals surface area contributed by atoms with Crippen LogP contribution < -0.4 is 10.7 Å². The smallest absolute Gasteiger partial charge is 0.0256 e. The van der Waals surface area contributed by atoms with E-state index in [1.165, 1.54) is 13.0 Å². The van der Waals surface area contributed by atoms with Gasteiger partial charge in [-0.2, -0.15) is 0 Å². The summed E-state index contributed by atoms with van der Waals surface area (Å²) in [6, 6.07) is 0. The van der Waals surface area contributed by atoms with Gasteiger partial charge in [-0.15, -0.1) is 0 Å². The Kier molecular flexibility index (Phi) is 2.97. The maximum Gasteiger partial charge on any atom is 0.0256 e. The van der Waals surface area contributed by atoms with Crippen LogP contribution in [0.2, 0.25) is 0 Å². The van der Waals surface area contributed by atoms with E-state index in [1.807, 2.05) is 7.05 Å². The summed E-state index contributed by atoms with van der Waals surface area (Å²) in [6.07, 6.45) is 1.25. The van der Waals surface area contributed by atoms with Crippen molar-refractivity contribution < 1.29 is 0 Å². The number of nitrogens with one attached hydrogen (secondary N) is 2. The molecule has 1 aliphatic rings. The van der Waals surface area contributed by atoms with Crippen LogP contribution in [0.3, 0.4) is 0 Å².